The summed E-state index contributed by atoms with van der Waals surface area (Å²) in [6.45, 7) is 4.37. The van der Waals surface area contributed by atoms with Crippen LogP contribution in [0.1, 0.15) is 43.7 Å². The van der Waals surface area contributed by atoms with E-state index in [9.17, 15) is 4.79 Å². The summed E-state index contributed by atoms with van der Waals surface area (Å²) >= 11 is 0. The number of ether oxygens (including phenoxy) is 2. The van der Waals surface area contributed by atoms with Gasteiger partial charge in [-0.1, -0.05) is 6.08 Å². The number of carbonyl (C=O) groups excluding carboxylic acids is 1. The summed E-state index contributed by atoms with van der Waals surface area (Å²) < 4.78 is 10.4. The SMILES string of the molecule is CCOC(=O)CC1CC=C(c2c(C)ccnc2OC)CC1. The Balaban J connectivity index is 2.08. The fraction of sp³-hybridized carbons (Fsp3) is 0.529. The van der Waals surface area contributed by atoms with E-state index in [-0.39, 0.29) is 5.97 Å². The van der Waals surface area contributed by atoms with Gasteiger partial charge in [-0.05, 0) is 56.2 Å². The van der Waals surface area contributed by atoms with E-state index in [0.29, 0.717) is 24.8 Å². The molecule has 0 saturated heterocycles. The van der Waals surface area contributed by atoms with Crippen LogP contribution in [0.2, 0.25) is 0 Å². The highest BCUT2D eigenvalue weighted by molar-refractivity contribution is 5.73. The Morgan fingerprint density at radius 2 is 2.29 bits per heavy atom. The fourth-order valence-electron chi connectivity index (χ4n) is 2.84. The van der Waals surface area contributed by atoms with E-state index in [0.717, 1.165) is 24.8 Å². The van der Waals surface area contributed by atoms with Crippen LogP contribution in [-0.4, -0.2) is 24.7 Å². The molecule has 0 N–H and O–H groups in total. The van der Waals surface area contributed by atoms with Crippen molar-refractivity contribution in [3.8, 4) is 5.88 Å². The van der Waals surface area contributed by atoms with Crippen molar-refractivity contribution in [2.45, 2.75) is 39.5 Å². The minimum Gasteiger partial charge on any atom is -0.481 e. The molecule has 1 unspecified atom stereocenters. The normalized spacial score (nSPS) is 18.0. The highest BCUT2D eigenvalue weighted by Gasteiger charge is 2.21. The summed E-state index contributed by atoms with van der Waals surface area (Å²) in [5.41, 5.74) is 3.56. The highest BCUT2D eigenvalue weighted by atomic mass is 16.5. The second-order valence-electron chi connectivity index (χ2n) is 5.39. The zero-order valence-corrected chi connectivity index (χ0v) is 13.0. The van der Waals surface area contributed by atoms with Gasteiger partial charge in [0.25, 0.3) is 0 Å². The van der Waals surface area contributed by atoms with E-state index in [1.807, 2.05) is 13.0 Å². The molecule has 1 aliphatic rings. The standard InChI is InChI=1S/C17H23NO3/c1-4-21-15(19)11-13-5-7-14(8-6-13)16-12(2)9-10-18-17(16)20-3/h7,9-10,13H,4-6,8,11H2,1-3H3. The van der Waals surface area contributed by atoms with Crippen molar-refractivity contribution >= 4 is 11.5 Å². The molecule has 21 heavy (non-hydrogen) atoms. The first-order valence-corrected chi connectivity index (χ1v) is 7.50. The van der Waals surface area contributed by atoms with Gasteiger partial charge in [0, 0.05) is 18.2 Å². The van der Waals surface area contributed by atoms with Crippen molar-refractivity contribution < 1.29 is 14.3 Å². The first-order chi connectivity index (χ1) is 10.2. The number of esters is 1. The summed E-state index contributed by atoms with van der Waals surface area (Å²) in [5, 5.41) is 0. The molecule has 0 fully saturated rings. The zero-order chi connectivity index (χ0) is 15.2. The van der Waals surface area contributed by atoms with Gasteiger partial charge in [-0.25, -0.2) is 4.98 Å². The number of allylic oxidation sites excluding steroid dienone is 2. The average molecular weight is 289 g/mol. The Hall–Kier alpha value is -1.84. The van der Waals surface area contributed by atoms with Gasteiger partial charge in [-0.15, -0.1) is 0 Å². The van der Waals surface area contributed by atoms with E-state index in [4.69, 9.17) is 9.47 Å². The van der Waals surface area contributed by atoms with Gasteiger partial charge in [0.15, 0.2) is 0 Å². The van der Waals surface area contributed by atoms with Crippen LogP contribution in [0.15, 0.2) is 18.3 Å². The van der Waals surface area contributed by atoms with Crippen LogP contribution in [0.3, 0.4) is 0 Å². The van der Waals surface area contributed by atoms with E-state index in [2.05, 4.69) is 18.0 Å². The minimum absolute atomic E-state index is 0.0884. The summed E-state index contributed by atoms with van der Waals surface area (Å²) in [4.78, 5) is 15.8. The topological polar surface area (TPSA) is 48.4 Å². The van der Waals surface area contributed by atoms with E-state index < -0.39 is 0 Å². The van der Waals surface area contributed by atoms with Gasteiger partial charge >= 0.3 is 5.97 Å². The second-order valence-corrected chi connectivity index (χ2v) is 5.39. The number of aromatic nitrogens is 1. The average Bonchev–Trinajstić information content (AvgIpc) is 2.48. The number of rotatable bonds is 5. The molecular formula is C17H23NO3. The molecule has 2 rings (SSSR count). The Morgan fingerprint density at radius 3 is 2.90 bits per heavy atom. The second kappa shape index (κ2) is 7.25. The minimum atomic E-state index is -0.0884. The molecule has 4 heteroatoms. The van der Waals surface area contributed by atoms with Crippen LogP contribution >= 0.6 is 0 Å². The molecule has 0 spiro atoms. The van der Waals surface area contributed by atoms with Gasteiger partial charge in [-0.3, -0.25) is 4.79 Å². The first kappa shape index (κ1) is 15.5. The largest absolute Gasteiger partial charge is 0.481 e. The first-order valence-electron chi connectivity index (χ1n) is 7.50. The molecule has 114 valence electrons. The van der Waals surface area contributed by atoms with Crippen LogP contribution in [0.25, 0.3) is 5.57 Å². The summed E-state index contributed by atoms with van der Waals surface area (Å²) in [5.74, 6) is 0.982. The van der Waals surface area contributed by atoms with E-state index >= 15 is 0 Å². The molecule has 0 aromatic carbocycles. The predicted octanol–water partition coefficient (Wildman–Crippen LogP) is 3.54. The number of aryl methyl sites for hydroxylation is 1. The Kier molecular flexibility index (Phi) is 5.37. The molecule has 0 saturated carbocycles. The third-order valence-electron chi connectivity index (χ3n) is 3.92. The number of hydrogen-bond donors (Lipinski definition) is 0. The molecule has 0 aliphatic heterocycles. The van der Waals surface area contributed by atoms with Crippen molar-refractivity contribution in [2.24, 2.45) is 5.92 Å². The van der Waals surface area contributed by atoms with Gasteiger partial charge in [0.1, 0.15) is 0 Å². The number of methoxy groups -OCH3 is 1. The number of hydrogen-bond acceptors (Lipinski definition) is 4. The van der Waals surface area contributed by atoms with Crippen LogP contribution in [-0.2, 0) is 9.53 Å². The van der Waals surface area contributed by atoms with E-state index in [1.54, 1.807) is 13.3 Å². The summed E-state index contributed by atoms with van der Waals surface area (Å²) in [7, 11) is 1.65. The molecular weight excluding hydrogens is 266 g/mol. The van der Waals surface area contributed by atoms with Crippen molar-refractivity contribution in [1.82, 2.24) is 4.98 Å². The van der Waals surface area contributed by atoms with Crippen LogP contribution in [0, 0.1) is 12.8 Å². The lowest BCUT2D eigenvalue weighted by Crippen LogP contribution is -2.14. The van der Waals surface area contributed by atoms with Gasteiger partial charge < -0.3 is 9.47 Å². The maximum absolute atomic E-state index is 11.5. The molecule has 1 atom stereocenters. The maximum Gasteiger partial charge on any atom is 0.306 e. The Bertz CT molecular complexity index is 537. The Labute approximate surface area is 126 Å². The zero-order valence-electron chi connectivity index (χ0n) is 13.0. The third kappa shape index (κ3) is 3.84. The lowest BCUT2D eigenvalue weighted by molar-refractivity contribution is -0.144. The van der Waals surface area contributed by atoms with Crippen LogP contribution < -0.4 is 4.74 Å². The molecule has 0 bridgehead atoms. The van der Waals surface area contributed by atoms with Crippen LogP contribution in [0.5, 0.6) is 5.88 Å². The third-order valence-corrected chi connectivity index (χ3v) is 3.92. The lowest BCUT2D eigenvalue weighted by Gasteiger charge is -2.23. The molecule has 1 heterocycles. The molecule has 0 amide bonds. The quantitative estimate of drug-likeness (QED) is 0.778. The number of nitrogens with zero attached hydrogens (tertiary/aromatic N) is 1. The van der Waals surface area contributed by atoms with Gasteiger partial charge in [-0.2, -0.15) is 0 Å². The molecule has 1 aliphatic carbocycles. The molecule has 1 aromatic rings. The van der Waals surface area contributed by atoms with Crippen molar-refractivity contribution in [2.75, 3.05) is 13.7 Å². The maximum atomic E-state index is 11.5. The highest BCUT2D eigenvalue weighted by Crippen LogP contribution is 2.36. The number of carbonyl (C=O) groups is 1. The predicted molar refractivity (Wildman–Crippen MR) is 82.1 cm³/mol. The summed E-state index contributed by atoms with van der Waals surface area (Å²) in [6, 6.07) is 2.00. The van der Waals surface area contributed by atoms with Crippen molar-refractivity contribution in [1.29, 1.82) is 0 Å². The number of pyridine rings is 1. The fourth-order valence-corrected chi connectivity index (χ4v) is 2.84. The van der Waals surface area contributed by atoms with Crippen molar-refractivity contribution in [3.63, 3.8) is 0 Å². The summed E-state index contributed by atoms with van der Waals surface area (Å²) in [6.07, 6.45) is 7.37. The lowest BCUT2D eigenvalue weighted by atomic mass is 9.84. The Morgan fingerprint density at radius 1 is 1.48 bits per heavy atom. The van der Waals surface area contributed by atoms with Crippen molar-refractivity contribution in [3.05, 3.63) is 29.5 Å². The molecule has 4 nitrogen and oxygen atoms in total. The monoisotopic (exact) mass is 289 g/mol. The molecule has 1 aromatic heterocycles. The smallest absolute Gasteiger partial charge is 0.306 e. The van der Waals surface area contributed by atoms with Gasteiger partial charge in [0.2, 0.25) is 5.88 Å². The molecule has 0 radical (unpaired) electrons. The van der Waals surface area contributed by atoms with Gasteiger partial charge in [0.05, 0.1) is 13.7 Å². The van der Waals surface area contributed by atoms with Crippen LogP contribution in [0.4, 0.5) is 0 Å². The van der Waals surface area contributed by atoms with E-state index in [1.165, 1.54) is 11.1 Å².